The predicted molar refractivity (Wildman–Crippen MR) is 94.2 cm³/mol. The molecule has 2 aromatic heterocycles. The van der Waals surface area contributed by atoms with Crippen LogP contribution in [0.3, 0.4) is 0 Å². The lowest BCUT2D eigenvalue weighted by atomic mass is 10.1. The summed E-state index contributed by atoms with van der Waals surface area (Å²) in [4.78, 5) is 36.7. The van der Waals surface area contributed by atoms with Gasteiger partial charge < -0.3 is 15.8 Å². The first-order valence-corrected chi connectivity index (χ1v) is 8.42. The molecule has 0 saturated heterocycles. The number of thiophene rings is 1. The summed E-state index contributed by atoms with van der Waals surface area (Å²) >= 11 is 0.955. The highest BCUT2D eigenvalue weighted by molar-refractivity contribution is 7.18. The van der Waals surface area contributed by atoms with Crippen LogP contribution in [0, 0.1) is 20.8 Å². The number of esters is 1. The number of amides is 2. The molecule has 0 bridgehead atoms. The van der Waals surface area contributed by atoms with Crippen molar-refractivity contribution < 1.29 is 19.1 Å². The Bertz CT molecular complexity index is 866. The number of nitrogens with zero attached hydrogens (tertiary/aromatic N) is 2. The van der Waals surface area contributed by atoms with Gasteiger partial charge in [-0.3, -0.25) is 14.3 Å². The topological polar surface area (TPSA) is 116 Å². The highest BCUT2D eigenvalue weighted by Crippen LogP contribution is 2.34. The summed E-state index contributed by atoms with van der Waals surface area (Å²) in [5, 5.41) is 7.13. The van der Waals surface area contributed by atoms with E-state index in [1.807, 2.05) is 0 Å². The van der Waals surface area contributed by atoms with Crippen molar-refractivity contribution in [2.45, 2.75) is 27.7 Å². The fourth-order valence-corrected chi connectivity index (χ4v) is 3.60. The summed E-state index contributed by atoms with van der Waals surface area (Å²) in [5.41, 5.74) is 7.58. The van der Waals surface area contributed by atoms with Crippen molar-refractivity contribution in [2.24, 2.45) is 12.8 Å². The Balaban J connectivity index is 2.48. The normalized spacial score (nSPS) is 10.6. The molecule has 0 aromatic carbocycles. The second-order valence-electron chi connectivity index (χ2n) is 5.47. The van der Waals surface area contributed by atoms with Crippen LogP contribution in [0.25, 0.3) is 0 Å². The molecule has 0 aliphatic carbocycles. The number of nitrogens with two attached hydrogens (primary N) is 1. The first-order valence-electron chi connectivity index (χ1n) is 7.60. The Morgan fingerprint density at radius 2 is 1.88 bits per heavy atom. The molecule has 3 N–H and O–H groups in total. The van der Waals surface area contributed by atoms with E-state index in [1.165, 1.54) is 0 Å². The summed E-state index contributed by atoms with van der Waals surface area (Å²) in [7, 11) is 1.74. The molecule has 0 atom stereocenters. The van der Waals surface area contributed by atoms with Crippen molar-refractivity contribution in [2.75, 3.05) is 11.9 Å². The number of hydrogen-bond acceptors (Lipinski definition) is 6. The van der Waals surface area contributed by atoms with Gasteiger partial charge in [0.1, 0.15) is 5.00 Å². The highest BCUT2D eigenvalue weighted by Gasteiger charge is 2.27. The van der Waals surface area contributed by atoms with Crippen LogP contribution in [0.4, 0.5) is 5.00 Å². The number of rotatable bonds is 5. The number of primary amides is 1. The van der Waals surface area contributed by atoms with E-state index in [4.69, 9.17) is 10.5 Å². The van der Waals surface area contributed by atoms with Crippen molar-refractivity contribution in [3.63, 3.8) is 0 Å². The van der Waals surface area contributed by atoms with Gasteiger partial charge in [-0.1, -0.05) is 0 Å². The number of anilines is 1. The molecule has 2 rings (SSSR count). The number of hydrogen-bond donors (Lipinski definition) is 2. The lowest BCUT2D eigenvalue weighted by Gasteiger charge is -2.07. The van der Waals surface area contributed by atoms with E-state index >= 15 is 0 Å². The minimum atomic E-state index is -0.665. The molecular weight excluding hydrogens is 344 g/mol. The Hall–Kier alpha value is -2.68. The van der Waals surface area contributed by atoms with E-state index in [-0.39, 0.29) is 22.0 Å². The minimum absolute atomic E-state index is 0.146. The molecule has 0 radical (unpaired) electrons. The van der Waals surface area contributed by atoms with E-state index in [1.54, 1.807) is 39.4 Å². The van der Waals surface area contributed by atoms with Crippen molar-refractivity contribution in [1.82, 2.24) is 9.78 Å². The fraction of sp³-hybridized carbons (Fsp3) is 0.375. The Morgan fingerprint density at radius 1 is 1.24 bits per heavy atom. The first kappa shape index (κ1) is 18.7. The Morgan fingerprint density at radius 3 is 2.36 bits per heavy atom. The van der Waals surface area contributed by atoms with Crippen LogP contribution < -0.4 is 11.1 Å². The molecule has 0 aliphatic heterocycles. The third-order valence-electron chi connectivity index (χ3n) is 3.81. The number of aryl methyl sites for hydroxylation is 2. The molecule has 2 heterocycles. The maximum absolute atomic E-state index is 12.7. The van der Waals surface area contributed by atoms with Crippen LogP contribution in [-0.4, -0.2) is 34.2 Å². The predicted octanol–water partition coefficient (Wildman–Crippen LogP) is 1.93. The molecule has 0 aliphatic rings. The third-order valence-corrected chi connectivity index (χ3v) is 5.04. The van der Waals surface area contributed by atoms with Crippen LogP contribution in [0.5, 0.6) is 0 Å². The lowest BCUT2D eigenvalue weighted by Crippen LogP contribution is -2.16. The molecular formula is C16H20N4O4S. The molecule has 2 aromatic rings. The second-order valence-corrected chi connectivity index (χ2v) is 6.49. The maximum Gasteiger partial charge on any atom is 0.341 e. The number of ether oxygens (including phenoxy) is 1. The number of carbonyl (C=O) groups is 3. The van der Waals surface area contributed by atoms with Gasteiger partial charge in [0.05, 0.1) is 28.3 Å². The summed E-state index contributed by atoms with van der Waals surface area (Å²) in [6, 6.07) is 0. The van der Waals surface area contributed by atoms with Gasteiger partial charge in [0.15, 0.2) is 0 Å². The van der Waals surface area contributed by atoms with E-state index in [0.717, 1.165) is 11.3 Å². The zero-order chi connectivity index (χ0) is 18.9. The smallest absolute Gasteiger partial charge is 0.341 e. The average Bonchev–Trinajstić information content (AvgIpc) is 2.96. The molecule has 0 fully saturated rings. The zero-order valence-electron chi connectivity index (χ0n) is 14.7. The van der Waals surface area contributed by atoms with Crippen LogP contribution in [0.1, 0.15) is 54.3 Å². The van der Waals surface area contributed by atoms with Gasteiger partial charge in [0.2, 0.25) is 0 Å². The van der Waals surface area contributed by atoms with E-state index in [0.29, 0.717) is 22.5 Å². The zero-order valence-corrected chi connectivity index (χ0v) is 15.5. The average molecular weight is 364 g/mol. The molecule has 0 spiro atoms. The SMILES string of the molecule is CCOC(=O)c1c(NC(=O)c2c(C)nn(C)c2C)sc(C(N)=O)c1C. The quantitative estimate of drug-likeness (QED) is 0.786. The summed E-state index contributed by atoms with van der Waals surface area (Å²) < 4.78 is 6.63. The largest absolute Gasteiger partial charge is 0.462 e. The second kappa shape index (κ2) is 7.06. The van der Waals surface area contributed by atoms with Crippen molar-refractivity contribution in [3.05, 3.63) is 33.0 Å². The Labute approximate surface area is 149 Å². The standard InChI is InChI=1S/C16H20N4O4S/c1-6-24-16(23)10-7(2)12(13(17)21)25-15(10)18-14(22)11-8(3)19-20(5)9(11)4/h6H2,1-5H3,(H2,17,21)(H,18,22). The van der Waals surface area contributed by atoms with Crippen molar-refractivity contribution in [3.8, 4) is 0 Å². The van der Waals surface area contributed by atoms with Gasteiger partial charge in [-0.25, -0.2) is 4.79 Å². The van der Waals surface area contributed by atoms with Crippen LogP contribution >= 0.6 is 11.3 Å². The monoisotopic (exact) mass is 364 g/mol. The molecule has 25 heavy (non-hydrogen) atoms. The van der Waals surface area contributed by atoms with Crippen LogP contribution in [-0.2, 0) is 11.8 Å². The number of carbonyl (C=O) groups excluding carboxylic acids is 3. The molecule has 0 unspecified atom stereocenters. The van der Waals surface area contributed by atoms with Gasteiger partial charge >= 0.3 is 5.97 Å². The van der Waals surface area contributed by atoms with E-state index in [9.17, 15) is 14.4 Å². The number of aromatic nitrogens is 2. The number of nitrogens with one attached hydrogen (secondary N) is 1. The van der Waals surface area contributed by atoms with E-state index in [2.05, 4.69) is 10.4 Å². The Kier molecular flexibility index (Phi) is 5.27. The highest BCUT2D eigenvalue weighted by atomic mass is 32.1. The molecule has 134 valence electrons. The lowest BCUT2D eigenvalue weighted by molar-refractivity contribution is 0.0527. The maximum atomic E-state index is 12.7. The van der Waals surface area contributed by atoms with Gasteiger partial charge in [0.25, 0.3) is 11.8 Å². The third kappa shape index (κ3) is 3.41. The summed E-state index contributed by atoms with van der Waals surface area (Å²) in [6.45, 7) is 6.95. The van der Waals surface area contributed by atoms with Crippen LogP contribution in [0.2, 0.25) is 0 Å². The molecule has 0 saturated carbocycles. The molecule has 2 amide bonds. The molecule has 9 heteroatoms. The van der Waals surface area contributed by atoms with Crippen LogP contribution in [0.15, 0.2) is 0 Å². The van der Waals surface area contributed by atoms with Gasteiger partial charge in [-0.15, -0.1) is 11.3 Å². The summed E-state index contributed by atoms with van der Waals surface area (Å²) in [5.74, 6) is -1.69. The van der Waals surface area contributed by atoms with Crippen molar-refractivity contribution >= 4 is 34.1 Å². The molecule has 8 nitrogen and oxygen atoms in total. The van der Waals surface area contributed by atoms with Gasteiger partial charge in [0, 0.05) is 12.7 Å². The van der Waals surface area contributed by atoms with Gasteiger partial charge in [-0.2, -0.15) is 5.10 Å². The van der Waals surface area contributed by atoms with E-state index < -0.39 is 17.8 Å². The summed E-state index contributed by atoms with van der Waals surface area (Å²) in [6.07, 6.45) is 0. The minimum Gasteiger partial charge on any atom is -0.462 e. The van der Waals surface area contributed by atoms with Crippen molar-refractivity contribution in [1.29, 1.82) is 0 Å². The first-order chi connectivity index (χ1) is 11.7. The fourth-order valence-electron chi connectivity index (χ4n) is 2.55. The van der Waals surface area contributed by atoms with Gasteiger partial charge in [-0.05, 0) is 33.3 Å².